The summed E-state index contributed by atoms with van der Waals surface area (Å²) in [6.07, 6.45) is 1.72. The Morgan fingerprint density at radius 1 is 1.30 bits per heavy atom. The number of anilines is 1. The van der Waals surface area contributed by atoms with E-state index in [1.54, 1.807) is 6.07 Å². The van der Waals surface area contributed by atoms with Crippen molar-refractivity contribution < 1.29 is 4.79 Å². The van der Waals surface area contributed by atoms with E-state index in [9.17, 15) is 4.79 Å². The minimum Gasteiger partial charge on any atom is -0.273 e. The molecule has 0 atom stereocenters. The van der Waals surface area contributed by atoms with E-state index >= 15 is 0 Å². The number of benzene rings is 1. The summed E-state index contributed by atoms with van der Waals surface area (Å²) < 4.78 is 0. The highest BCUT2D eigenvalue weighted by Crippen LogP contribution is 2.11. The third-order valence-electron chi connectivity index (χ3n) is 3.08. The molecule has 1 heterocycles. The van der Waals surface area contributed by atoms with Gasteiger partial charge in [0.15, 0.2) is 5.82 Å². The lowest BCUT2D eigenvalue weighted by atomic mass is 10.1. The molecule has 0 saturated heterocycles. The van der Waals surface area contributed by atoms with Crippen molar-refractivity contribution in [2.45, 2.75) is 20.3 Å². The topological polar surface area (TPSA) is 81.9 Å². The van der Waals surface area contributed by atoms with Gasteiger partial charge >= 0.3 is 0 Å². The van der Waals surface area contributed by atoms with Crippen LogP contribution in [0.5, 0.6) is 0 Å². The Bertz CT molecular complexity index is 694. The van der Waals surface area contributed by atoms with Crippen molar-refractivity contribution in [2.75, 3.05) is 11.6 Å². The van der Waals surface area contributed by atoms with Crippen LogP contribution in [0.25, 0.3) is 0 Å². The van der Waals surface area contributed by atoms with Gasteiger partial charge in [0.2, 0.25) is 11.7 Å². The molecule has 118 valence electrons. The number of carbonyl (C=O) groups is 1. The van der Waals surface area contributed by atoms with E-state index in [2.05, 4.69) is 15.4 Å². The standard InChI is InChI=1S/C17H19N5O/c1-13(2)12-20-22(16-8-9-19-15(11-18)21-16)17(23)10-14-6-4-3-5-7-14/h3-9,13,20H,10,12H2,1-2H3. The molecule has 1 amide bonds. The number of rotatable bonds is 6. The van der Waals surface area contributed by atoms with Crippen molar-refractivity contribution in [1.82, 2.24) is 15.4 Å². The second-order valence-corrected chi connectivity index (χ2v) is 5.50. The minimum absolute atomic E-state index is 0.0337. The van der Waals surface area contributed by atoms with E-state index in [0.29, 0.717) is 18.3 Å². The smallest absolute Gasteiger partial charge is 0.247 e. The summed E-state index contributed by atoms with van der Waals surface area (Å²) in [7, 11) is 0. The fourth-order valence-corrected chi connectivity index (χ4v) is 1.95. The predicted octanol–water partition coefficient (Wildman–Crippen LogP) is 2.08. The quantitative estimate of drug-likeness (QED) is 0.826. The summed E-state index contributed by atoms with van der Waals surface area (Å²) in [5.74, 6) is 0.628. The first-order valence-corrected chi connectivity index (χ1v) is 7.43. The third kappa shape index (κ3) is 4.87. The molecule has 0 unspecified atom stereocenters. The first-order valence-electron chi connectivity index (χ1n) is 7.43. The molecule has 0 fully saturated rings. The number of nitrogens with zero attached hydrogens (tertiary/aromatic N) is 4. The Morgan fingerprint density at radius 2 is 2.04 bits per heavy atom. The third-order valence-corrected chi connectivity index (χ3v) is 3.08. The first-order chi connectivity index (χ1) is 11.1. The average molecular weight is 309 g/mol. The van der Waals surface area contributed by atoms with Crippen LogP contribution in [0.1, 0.15) is 25.2 Å². The second kappa shape index (κ2) is 8.01. The van der Waals surface area contributed by atoms with Crippen molar-refractivity contribution in [3.05, 3.63) is 54.0 Å². The Morgan fingerprint density at radius 3 is 2.70 bits per heavy atom. The summed E-state index contributed by atoms with van der Waals surface area (Å²) in [4.78, 5) is 20.6. The van der Waals surface area contributed by atoms with Gasteiger partial charge in [0.1, 0.15) is 6.07 Å². The van der Waals surface area contributed by atoms with Crippen LogP contribution in [0.15, 0.2) is 42.6 Å². The average Bonchev–Trinajstić information content (AvgIpc) is 2.56. The fourth-order valence-electron chi connectivity index (χ4n) is 1.95. The van der Waals surface area contributed by atoms with Crippen LogP contribution in [0.4, 0.5) is 5.82 Å². The molecular weight excluding hydrogens is 290 g/mol. The van der Waals surface area contributed by atoms with Crippen molar-refractivity contribution in [3.63, 3.8) is 0 Å². The largest absolute Gasteiger partial charge is 0.273 e. The highest BCUT2D eigenvalue weighted by Gasteiger charge is 2.18. The molecule has 0 radical (unpaired) electrons. The number of aromatic nitrogens is 2. The number of nitrogens with one attached hydrogen (secondary N) is 1. The number of hydrogen-bond donors (Lipinski definition) is 1. The highest BCUT2D eigenvalue weighted by molar-refractivity contribution is 5.93. The summed E-state index contributed by atoms with van der Waals surface area (Å²) in [5, 5.41) is 10.3. The maximum Gasteiger partial charge on any atom is 0.247 e. The van der Waals surface area contributed by atoms with Gasteiger partial charge in [-0.25, -0.2) is 15.4 Å². The Hall–Kier alpha value is -2.78. The lowest BCUT2D eigenvalue weighted by Crippen LogP contribution is -2.46. The fraction of sp³-hybridized carbons (Fsp3) is 0.294. The number of nitriles is 1. The predicted molar refractivity (Wildman–Crippen MR) is 87.2 cm³/mol. The van der Waals surface area contributed by atoms with Crippen LogP contribution >= 0.6 is 0 Å². The molecule has 0 aliphatic heterocycles. The van der Waals surface area contributed by atoms with Gasteiger partial charge in [-0.15, -0.1) is 0 Å². The van der Waals surface area contributed by atoms with Gasteiger partial charge in [-0.2, -0.15) is 10.2 Å². The lowest BCUT2D eigenvalue weighted by molar-refractivity contribution is -0.118. The Kier molecular flexibility index (Phi) is 5.78. The van der Waals surface area contributed by atoms with Gasteiger partial charge in [0.25, 0.3) is 0 Å². The van der Waals surface area contributed by atoms with Crippen molar-refractivity contribution in [3.8, 4) is 6.07 Å². The minimum atomic E-state index is -0.139. The van der Waals surface area contributed by atoms with E-state index in [-0.39, 0.29) is 18.2 Å². The molecule has 1 aromatic carbocycles. The van der Waals surface area contributed by atoms with Crippen molar-refractivity contribution in [1.29, 1.82) is 5.26 Å². The molecule has 1 N–H and O–H groups in total. The maximum atomic E-state index is 12.6. The van der Waals surface area contributed by atoms with Crippen LogP contribution in [0.3, 0.4) is 0 Å². The molecular formula is C17H19N5O. The van der Waals surface area contributed by atoms with Crippen molar-refractivity contribution in [2.24, 2.45) is 5.92 Å². The molecule has 2 rings (SSSR count). The number of carbonyl (C=O) groups excluding carboxylic acids is 1. The van der Waals surface area contributed by atoms with Gasteiger partial charge in [-0.3, -0.25) is 4.79 Å². The molecule has 0 saturated carbocycles. The zero-order valence-electron chi connectivity index (χ0n) is 13.2. The van der Waals surface area contributed by atoms with Crippen LogP contribution in [-0.2, 0) is 11.2 Å². The van der Waals surface area contributed by atoms with Gasteiger partial charge in [-0.1, -0.05) is 44.2 Å². The van der Waals surface area contributed by atoms with Crippen LogP contribution in [-0.4, -0.2) is 22.4 Å². The second-order valence-electron chi connectivity index (χ2n) is 5.50. The van der Waals surface area contributed by atoms with E-state index < -0.39 is 0 Å². The van der Waals surface area contributed by atoms with E-state index in [0.717, 1.165) is 5.56 Å². The molecule has 0 bridgehead atoms. The highest BCUT2D eigenvalue weighted by atomic mass is 16.2. The Labute approximate surface area is 135 Å². The molecule has 6 nitrogen and oxygen atoms in total. The van der Waals surface area contributed by atoms with Gasteiger partial charge in [0, 0.05) is 18.8 Å². The summed E-state index contributed by atoms with van der Waals surface area (Å²) in [6.45, 7) is 4.72. The van der Waals surface area contributed by atoms with E-state index in [4.69, 9.17) is 5.26 Å². The van der Waals surface area contributed by atoms with Gasteiger partial charge in [-0.05, 0) is 11.5 Å². The van der Waals surface area contributed by atoms with E-state index in [1.807, 2.05) is 50.2 Å². The zero-order valence-corrected chi connectivity index (χ0v) is 13.2. The van der Waals surface area contributed by atoms with Gasteiger partial charge in [0.05, 0.1) is 6.42 Å². The molecule has 0 aliphatic rings. The monoisotopic (exact) mass is 309 g/mol. The van der Waals surface area contributed by atoms with Crippen LogP contribution in [0.2, 0.25) is 0 Å². The maximum absolute atomic E-state index is 12.6. The molecule has 6 heteroatoms. The van der Waals surface area contributed by atoms with Gasteiger partial charge < -0.3 is 0 Å². The number of amides is 1. The van der Waals surface area contributed by atoms with Crippen LogP contribution < -0.4 is 10.4 Å². The summed E-state index contributed by atoms with van der Waals surface area (Å²) in [5.41, 5.74) is 4.01. The molecule has 0 spiro atoms. The molecule has 2 aromatic rings. The van der Waals surface area contributed by atoms with Crippen molar-refractivity contribution >= 4 is 11.7 Å². The number of hydrogen-bond acceptors (Lipinski definition) is 5. The number of hydrazine groups is 1. The normalized spacial score (nSPS) is 10.3. The molecule has 1 aromatic heterocycles. The zero-order chi connectivity index (χ0) is 16.7. The Balaban J connectivity index is 2.22. The first kappa shape index (κ1) is 16.6. The molecule has 0 aliphatic carbocycles. The van der Waals surface area contributed by atoms with Crippen LogP contribution in [0, 0.1) is 17.2 Å². The molecule has 23 heavy (non-hydrogen) atoms. The SMILES string of the molecule is CC(C)CNN(C(=O)Cc1ccccc1)c1ccnc(C#N)n1. The lowest BCUT2D eigenvalue weighted by Gasteiger charge is -2.23. The summed E-state index contributed by atoms with van der Waals surface area (Å²) >= 11 is 0. The van der Waals surface area contributed by atoms with E-state index in [1.165, 1.54) is 11.2 Å². The summed E-state index contributed by atoms with van der Waals surface area (Å²) in [6, 6.07) is 13.0.